The highest BCUT2D eigenvalue weighted by Gasteiger charge is 2.29. The molecule has 1 unspecified atom stereocenters. The summed E-state index contributed by atoms with van der Waals surface area (Å²) in [6.45, 7) is 6.38. The summed E-state index contributed by atoms with van der Waals surface area (Å²) in [5, 5.41) is 2.93. The van der Waals surface area contributed by atoms with Crippen molar-refractivity contribution >= 4 is 37.5 Å². The molecule has 0 bridgehead atoms. The van der Waals surface area contributed by atoms with Crippen LogP contribution in [0.4, 0.5) is 5.69 Å². The Labute approximate surface area is 187 Å². The fraction of sp³-hybridized carbons (Fsp3) is 0.409. The first-order valence-corrected chi connectivity index (χ1v) is 12.4. The zero-order chi connectivity index (χ0) is 21.7. The second kappa shape index (κ2) is 10.0. The molecule has 1 aliphatic heterocycles. The molecule has 2 aromatic rings. The number of benzene rings is 2. The number of hydrogen-bond donors (Lipinski definition) is 1. The third kappa shape index (κ3) is 5.69. The third-order valence-corrected chi connectivity index (χ3v) is 7.97. The van der Waals surface area contributed by atoms with E-state index in [0.29, 0.717) is 32.1 Å². The Kier molecular flexibility index (Phi) is 7.68. The highest BCUT2D eigenvalue weighted by molar-refractivity contribution is 9.10. The first kappa shape index (κ1) is 22.9. The maximum Gasteiger partial charge on any atom is 0.243 e. The average molecular weight is 494 g/mol. The van der Waals surface area contributed by atoms with Crippen LogP contribution >= 0.6 is 15.9 Å². The first-order chi connectivity index (χ1) is 14.3. The molecule has 1 heterocycles. The molecule has 1 N–H and O–H groups in total. The number of halogens is 1. The third-order valence-electron chi connectivity index (χ3n) is 5.53. The number of rotatable bonds is 7. The van der Waals surface area contributed by atoms with E-state index in [9.17, 15) is 13.2 Å². The Bertz CT molecular complexity index is 954. The lowest BCUT2D eigenvalue weighted by molar-refractivity contribution is -0.117. The minimum absolute atomic E-state index is 0.0875. The van der Waals surface area contributed by atoms with Gasteiger partial charge in [0.1, 0.15) is 0 Å². The van der Waals surface area contributed by atoms with Crippen molar-refractivity contribution in [2.45, 2.75) is 31.1 Å². The van der Waals surface area contributed by atoms with Crippen LogP contribution < -0.4 is 5.32 Å². The maximum atomic E-state index is 12.8. The van der Waals surface area contributed by atoms with Crippen molar-refractivity contribution < 1.29 is 13.2 Å². The number of nitrogens with one attached hydrogen (secondary N) is 1. The summed E-state index contributed by atoms with van der Waals surface area (Å²) in [7, 11) is -3.51. The lowest BCUT2D eigenvalue weighted by atomic mass is 9.99. The molecule has 1 atom stereocenters. The molecular formula is C22H28BrN3O3S. The van der Waals surface area contributed by atoms with Crippen LogP contribution in [0, 0.1) is 0 Å². The molecule has 3 rings (SSSR count). The minimum Gasteiger partial charge on any atom is -0.325 e. The molecule has 30 heavy (non-hydrogen) atoms. The van der Waals surface area contributed by atoms with Crippen LogP contribution in [0.3, 0.4) is 0 Å². The van der Waals surface area contributed by atoms with Crippen LogP contribution in [0.5, 0.6) is 0 Å². The molecule has 0 aromatic heterocycles. The molecule has 1 fully saturated rings. The Morgan fingerprint density at radius 1 is 1.03 bits per heavy atom. The van der Waals surface area contributed by atoms with E-state index >= 15 is 0 Å². The quantitative estimate of drug-likeness (QED) is 0.634. The number of amides is 1. The van der Waals surface area contributed by atoms with Crippen molar-refractivity contribution in [1.82, 2.24) is 9.21 Å². The van der Waals surface area contributed by atoms with E-state index in [1.165, 1.54) is 9.87 Å². The summed E-state index contributed by atoms with van der Waals surface area (Å²) < 4.78 is 27.9. The largest absolute Gasteiger partial charge is 0.325 e. The lowest BCUT2D eigenvalue weighted by Gasteiger charge is -2.33. The van der Waals surface area contributed by atoms with Gasteiger partial charge in [0.15, 0.2) is 0 Å². The van der Waals surface area contributed by atoms with Gasteiger partial charge in [-0.1, -0.05) is 41.9 Å². The summed E-state index contributed by atoms with van der Waals surface area (Å²) in [5.74, 6) is 0.412. The van der Waals surface area contributed by atoms with Crippen LogP contribution in [0.15, 0.2) is 57.9 Å². The van der Waals surface area contributed by atoms with Crippen molar-refractivity contribution in [3.05, 3.63) is 58.6 Å². The Morgan fingerprint density at radius 2 is 1.63 bits per heavy atom. The van der Waals surface area contributed by atoms with E-state index in [4.69, 9.17) is 0 Å². The van der Waals surface area contributed by atoms with Crippen LogP contribution in [-0.4, -0.2) is 56.3 Å². The highest BCUT2D eigenvalue weighted by atomic mass is 79.9. The number of carbonyl (C=O) groups is 1. The number of anilines is 1. The van der Waals surface area contributed by atoms with Gasteiger partial charge in [-0.15, -0.1) is 0 Å². The Balaban J connectivity index is 1.50. The van der Waals surface area contributed by atoms with Crippen molar-refractivity contribution in [3.8, 4) is 0 Å². The molecule has 0 spiro atoms. The molecule has 2 aromatic carbocycles. The Hall–Kier alpha value is -1.74. The molecular weight excluding hydrogens is 466 g/mol. The van der Waals surface area contributed by atoms with E-state index in [1.807, 2.05) is 17.0 Å². The van der Waals surface area contributed by atoms with Gasteiger partial charge in [0.2, 0.25) is 15.9 Å². The summed E-state index contributed by atoms with van der Waals surface area (Å²) in [6.07, 6.45) is 1.08. The standard InChI is InChI=1S/C22H28BrN3O3S/c1-3-17(2)18-4-8-20(9-5-18)24-22(27)16-25-12-14-26(15-13-25)30(28,29)21-10-6-19(23)7-11-21/h4-11,17H,3,12-16H2,1-2H3,(H,24,27). The zero-order valence-corrected chi connectivity index (χ0v) is 19.7. The van der Waals surface area contributed by atoms with Gasteiger partial charge >= 0.3 is 0 Å². The van der Waals surface area contributed by atoms with Crippen molar-refractivity contribution in [3.63, 3.8) is 0 Å². The number of nitrogens with zero attached hydrogens (tertiary/aromatic N) is 2. The van der Waals surface area contributed by atoms with Gasteiger partial charge in [0, 0.05) is 36.3 Å². The first-order valence-electron chi connectivity index (χ1n) is 10.2. The van der Waals surface area contributed by atoms with Crippen molar-refractivity contribution in [2.75, 3.05) is 38.0 Å². The van der Waals surface area contributed by atoms with Gasteiger partial charge in [-0.2, -0.15) is 4.31 Å². The van der Waals surface area contributed by atoms with Crippen LogP contribution in [-0.2, 0) is 14.8 Å². The van der Waals surface area contributed by atoms with Crippen LogP contribution in [0.25, 0.3) is 0 Å². The van der Waals surface area contributed by atoms with Gasteiger partial charge in [-0.25, -0.2) is 8.42 Å². The van der Waals surface area contributed by atoms with Gasteiger partial charge in [0.25, 0.3) is 0 Å². The molecule has 6 nitrogen and oxygen atoms in total. The van der Waals surface area contributed by atoms with Crippen molar-refractivity contribution in [1.29, 1.82) is 0 Å². The van der Waals surface area contributed by atoms with Gasteiger partial charge in [-0.3, -0.25) is 9.69 Å². The number of piperazine rings is 1. The van der Waals surface area contributed by atoms with Gasteiger partial charge < -0.3 is 5.32 Å². The van der Waals surface area contributed by atoms with Crippen LogP contribution in [0.2, 0.25) is 0 Å². The molecule has 0 radical (unpaired) electrons. The second-order valence-corrected chi connectivity index (χ2v) is 10.5. The van der Waals surface area contributed by atoms with E-state index in [-0.39, 0.29) is 17.3 Å². The number of carbonyl (C=O) groups excluding carboxylic acids is 1. The smallest absolute Gasteiger partial charge is 0.243 e. The summed E-state index contributed by atoms with van der Waals surface area (Å²) in [4.78, 5) is 14.7. The number of sulfonamides is 1. The molecule has 0 aliphatic carbocycles. The molecule has 1 aliphatic rings. The monoisotopic (exact) mass is 493 g/mol. The average Bonchev–Trinajstić information content (AvgIpc) is 2.74. The van der Waals surface area contributed by atoms with E-state index in [1.54, 1.807) is 24.3 Å². The normalized spacial score (nSPS) is 16.9. The van der Waals surface area contributed by atoms with E-state index in [2.05, 4.69) is 47.2 Å². The summed E-state index contributed by atoms with van der Waals surface area (Å²) in [5.41, 5.74) is 2.04. The fourth-order valence-corrected chi connectivity index (χ4v) is 5.10. The Morgan fingerprint density at radius 3 is 2.20 bits per heavy atom. The number of hydrogen-bond acceptors (Lipinski definition) is 4. The molecule has 8 heteroatoms. The molecule has 162 valence electrons. The summed E-state index contributed by atoms with van der Waals surface area (Å²) in [6, 6.07) is 14.6. The zero-order valence-electron chi connectivity index (χ0n) is 17.3. The van der Waals surface area contributed by atoms with E-state index in [0.717, 1.165) is 16.6 Å². The minimum atomic E-state index is -3.51. The van der Waals surface area contributed by atoms with E-state index < -0.39 is 10.0 Å². The van der Waals surface area contributed by atoms with Crippen molar-refractivity contribution in [2.24, 2.45) is 0 Å². The van der Waals surface area contributed by atoms with Gasteiger partial charge in [-0.05, 0) is 54.3 Å². The topological polar surface area (TPSA) is 69.7 Å². The van der Waals surface area contributed by atoms with Crippen LogP contribution in [0.1, 0.15) is 31.7 Å². The molecule has 1 saturated heterocycles. The fourth-order valence-electron chi connectivity index (χ4n) is 3.42. The van der Waals surface area contributed by atoms with Gasteiger partial charge in [0.05, 0.1) is 11.4 Å². The SMILES string of the molecule is CCC(C)c1ccc(NC(=O)CN2CCN(S(=O)(=O)c3ccc(Br)cc3)CC2)cc1. The predicted molar refractivity (Wildman–Crippen MR) is 123 cm³/mol. The summed E-state index contributed by atoms with van der Waals surface area (Å²) >= 11 is 3.32. The molecule has 1 amide bonds. The highest BCUT2D eigenvalue weighted by Crippen LogP contribution is 2.21. The molecule has 0 saturated carbocycles. The second-order valence-electron chi connectivity index (χ2n) is 7.61. The maximum absolute atomic E-state index is 12.8. The lowest BCUT2D eigenvalue weighted by Crippen LogP contribution is -2.50. The predicted octanol–water partition coefficient (Wildman–Crippen LogP) is 3.91.